The molecule has 0 unspecified atom stereocenters. The quantitative estimate of drug-likeness (QED) is 0.346. The fraction of sp³-hybridized carbons (Fsp3) is 1.00. The maximum Gasteiger partial charge on any atom is 0.460 e. The number of rotatable bonds is 7. The molecule has 20 heteroatoms. The van der Waals surface area contributed by atoms with Gasteiger partial charge in [-0.15, -0.1) is 4.83 Å². The Morgan fingerprint density at radius 2 is 0.778 bits per heavy atom. The summed E-state index contributed by atoms with van der Waals surface area (Å²) in [4.78, 5) is -0.247. The van der Waals surface area contributed by atoms with E-state index in [1.807, 2.05) is 0 Å². The van der Waals surface area contributed by atoms with Crippen molar-refractivity contribution in [3.8, 4) is 0 Å². The smallest absolute Gasteiger partial charge is 0.258 e. The Morgan fingerprint density at radius 3 is 1.04 bits per heavy atom. The van der Waals surface area contributed by atoms with E-state index in [4.69, 9.17) is 0 Å². The van der Waals surface area contributed by atoms with Crippen molar-refractivity contribution in [1.82, 2.24) is 4.83 Å². The van der Waals surface area contributed by atoms with Gasteiger partial charge in [-0.2, -0.15) is 65.9 Å². The van der Waals surface area contributed by atoms with E-state index in [2.05, 4.69) is 5.84 Å². The molecule has 0 spiro atoms. The van der Waals surface area contributed by atoms with E-state index in [9.17, 15) is 74.3 Å². The first-order chi connectivity index (χ1) is 11.3. The molecule has 27 heavy (non-hydrogen) atoms. The first-order valence-electron chi connectivity index (χ1n) is 5.36. The molecule has 0 amide bonds. The van der Waals surface area contributed by atoms with Crippen LogP contribution >= 0.6 is 0 Å². The zero-order valence-corrected chi connectivity index (χ0v) is 12.3. The summed E-state index contributed by atoms with van der Waals surface area (Å²) in [6.45, 7) is 0. The van der Waals surface area contributed by atoms with Crippen molar-refractivity contribution in [1.29, 1.82) is 0 Å². The fourth-order valence-electron chi connectivity index (χ4n) is 1.20. The number of nitrogens with one attached hydrogen (secondary N) is 1. The Hall–Kier alpha value is -1.18. The lowest BCUT2D eigenvalue weighted by Crippen LogP contribution is -2.74. The van der Waals surface area contributed by atoms with E-state index in [1.54, 1.807) is 0 Å². The molecule has 164 valence electrons. The molecule has 0 saturated heterocycles. The van der Waals surface area contributed by atoms with Crippen molar-refractivity contribution >= 4 is 10.0 Å². The van der Waals surface area contributed by atoms with Gasteiger partial charge in [0.05, 0.1) is 0 Å². The minimum absolute atomic E-state index is 0.247. The Morgan fingerprint density at radius 1 is 0.519 bits per heavy atom. The van der Waals surface area contributed by atoms with Crippen LogP contribution in [0.15, 0.2) is 0 Å². The van der Waals surface area contributed by atoms with Crippen molar-refractivity contribution in [3.63, 3.8) is 0 Å². The van der Waals surface area contributed by atoms with Gasteiger partial charge in [0.2, 0.25) is 0 Å². The fourth-order valence-corrected chi connectivity index (χ4v) is 1.81. The maximum absolute atomic E-state index is 13.1. The Balaban J connectivity index is 6.74. The number of nitrogens with two attached hydrogens (primary N) is 1. The number of hydrogen-bond acceptors (Lipinski definition) is 3. The molecule has 0 aromatic heterocycles. The van der Waals surface area contributed by atoms with E-state index < -0.39 is 51.1 Å². The zero-order valence-electron chi connectivity index (χ0n) is 11.5. The highest BCUT2D eigenvalue weighted by Gasteiger charge is 2.94. The molecule has 0 aromatic carbocycles. The summed E-state index contributed by atoms with van der Waals surface area (Å²) in [5.41, 5.74) is 0. The molecule has 3 N–H and O–H groups in total. The summed E-state index contributed by atoms with van der Waals surface area (Å²) in [7, 11) is -7.23. The lowest BCUT2D eigenvalue weighted by Gasteiger charge is -2.41. The van der Waals surface area contributed by atoms with Crippen LogP contribution in [0.1, 0.15) is 0 Å². The van der Waals surface area contributed by atoms with Crippen LogP contribution in [0.5, 0.6) is 0 Å². The summed E-state index contributed by atoms with van der Waals surface area (Å²) in [6, 6.07) is 0. The van der Waals surface area contributed by atoms with Crippen LogP contribution < -0.4 is 10.7 Å². The summed E-state index contributed by atoms with van der Waals surface area (Å²) in [6.07, 6.45) is -7.74. The van der Waals surface area contributed by atoms with Crippen LogP contribution in [0.3, 0.4) is 0 Å². The predicted octanol–water partition coefficient (Wildman–Crippen LogP) is 3.11. The molecule has 0 fully saturated rings. The lowest BCUT2D eigenvalue weighted by molar-refractivity contribution is -0.447. The van der Waals surface area contributed by atoms with Gasteiger partial charge in [-0.3, -0.25) is 5.84 Å². The van der Waals surface area contributed by atoms with Gasteiger partial charge in [0.1, 0.15) is 0 Å². The van der Waals surface area contributed by atoms with Crippen LogP contribution in [0.2, 0.25) is 0 Å². The van der Waals surface area contributed by atoms with E-state index in [1.165, 1.54) is 0 Å². The zero-order chi connectivity index (χ0) is 22.7. The molecule has 0 atom stereocenters. The van der Waals surface area contributed by atoms with Gasteiger partial charge in [0, 0.05) is 0 Å². The molecule has 0 aliphatic heterocycles. The molecule has 0 radical (unpaired) electrons. The second-order valence-electron chi connectivity index (χ2n) is 4.51. The standard InChI is InChI=1S/C7H3F15N2O2S/c8-1(9,2(10,11)4(14,15)6(18,19)20)3(12,13)5(16,17)7(21,22)27(25,26)24-23/h24H,23H2. The Bertz CT molecular complexity index is 666. The summed E-state index contributed by atoms with van der Waals surface area (Å²) in [5, 5.41) is -7.48. The van der Waals surface area contributed by atoms with Crippen LogP contribution in [-0.4, -0.2) is 49.5 Å². The highest BCUT2D eigenvalue weighted by Crippen LogP contribution is 2.62. The van der Waals surface area contributed by atoms with E-state index in [0.717, 1.165) is 0 Å². The SMILES string of the molecule is NNS(=O)(=O)C(F)(F)C(F)(F)C(F)(F)C(F)(F)C(F)(F)C(F)(F)C(F)(F)F. The molecule has 0 rings (SSSR count). The highest BCUT2D eigenvalue weighted by molar-refractivity contribution is 7.90. The molecule has 0 bridgehead atoms. The van der Waals surface area contributed by atoms with E-state index >= 15 is 0 Å². The number of hydrogen-bond donors (Lipinski definition) is 2. The van der Waals surface area contributed by atoms with Crippen LogP contribution in [-0.2, 0) is 10.0 Å². The second-order valence-corrected chi connectivity index (χ2v) is 6.26. The van der Waals surface area contributed by atoms with Gasteiger partial charge in [0.15, 0.2) is 0 Å². The highest BCUT2D eigenvalue weighted by atomic mass is 32.2. The minimum atomic E-state index is -8.56. The molecular weight excluding hydrogens is 461 g/mol. The number of halogens is 15. The van der Waals surface area contributed by atoms with Crippen LogP contribution in [0, 0.1) is 0 Å². The number of alkyl halides is 15. The molecule has 0 aromatic rings. The first kappa shape index (κ1) is 25.8. The largest absolute Gasteiger partial charge is 0.460 e. The van der Waals surface area contributed by atoms with Gasteiger partial charge in [-0.1, -0.05) is 0 Å². The van der Waals surface area contributed by atoms with Crippen LogP contribution in [0.25, 0.3) is 0 Å². The normalized spacial score (nSPS) is 16.6. The van der Waals surface area contributed by atoms with Gasteiger partial charge >= 0.3 is 41.0 Å². The van der Waals surface area contributed by atoms with Gasteiger partial charge in [-0.25, -0.2) is 8.42 Å². The van der Waals surface area contributed by atoms with Crippen LogP contribution in [0.4, 0.5) is 65.9 Å². The lowest BCUT2D eigenvalue weighted by atomic mass is 9.94. The molecule has 0 aliphatic rings. The second kappa shape index (κ2) is 6.16. The molecular formula is C7H3F15N2O2S. The van der Waals surface area contributed by atoms with Gasteiger partial charge in [-0.05, 0) is 0 Å². The third kappa shape index (κ3) is 3.08. The maximum atomic E-state index is 13.1. The van der Waals surface area contributed by atoms with Gasteiger partial charge in [0.25, 0.3) is 10.0 Å². The minimum Gasteiger partial charge on any atom is -0.258 e. The average molecular weight is 464 g/mol. The van der Waals surface area contributed by atoms with Crippen molar-refractivity contribution in [2.75, 3.05) is 0 Å². The topological polar surface area (TPSA) is 72.2 Å². The van der Waals surface area contributed by atoms with E-state index in [-0.39, 0.29) is 4.83 Å². The molecule has 0 saturated carbocycles. The summed E-state index contributed by atoms with van der Waals surface area (Å²) >= 11 is 0. The Labute approximate surface area is 137 Å². The molecule has 4 nitrogen and oxygen atoms in total. The Kier molecular flexibility index (Phi) is 5.89. The van der Waals surface area contributed by atoms with Crippen molar-refractivity contribution in [2.45, 2.75) is 41.0 Å². The first-order valence-corrected chi connectivity index (χ1v) is 6.85. The van der Waals surface area contributed by atoms with Crippen molar-refractivity contribution < 1.29 is 74.3 Å². The number of hydrazine groups is 1. The third-order valence-electron chi connectivity index (χ3n) is 2.79. The van der Waals surface area contributed by atoms with Crippen molar-refractivity contribution in [3.05, 3.63) is 0 Å². The predicted molar refractivity (Wildman–Crippen MR) is 52.0 cm³/mol. The number of sulfonamides is 1. The van der Waals surface area contributed by atoms with E-state index in [0.29, 0.717) is 0 Å². The monoisotopic (exact) mass is 464 g/mol. The third-order valence-corrected chi connectivity index (χ3v) is 4.03. The van der Waals surface area contributed by atoms with Gasteiger partial charge < -0.3 is 0 Å². The molecule has 0 heterocycles. The average Bonchev–Trinajstić information content (AvgIpc) is 2.44. The summed E-state index contributed by atoms with van der Waals surface area (Å²) < 4.78 is 211. The molecule has 0 aliphatic carbocycles. The van der Waals surface area contributed by atoms with Crippen molar-refractivity contribution in [2.24, 2.45) is 5.84 Å². The summed E-state index contributed by atoms with van der Waals surface area (Å²) in [5.74, 6) is -38.0.